The molecule has 0 unspecified atom stereocenters. The molecule has 0 radical (unpaired) electrons. The number of aliphatic hydroxyl groups excluding tert-OH is 1. The molecular formula is C39H43Cl2FN6O5. The van der Waals surface area contributed by atoms with Crippen LogP contribution in [0.5, 0.6) is 5.75 Å². The first kappa shape index (κ1) is 38.2. The molecule has 11 nitrogen and oxygen atoms in total. The van der Waals surface area contributed by atoms with Crippen LogP contribution in [0.25, 0.3) is 22.4 Å². The van der Waals surface area contributed by atoms with Crippen LogP contribution in [0.1, 0.15) is 44.7 Å². The first-order valence-electron chi connectivity index (χ1n) is 17.4. The number of methoxy groups -OCH3 is 1. The lowest BCUT2D eigenvalue weighted by molar-refractivity contribution is -0.119. The number of hydrogen-bond acceptors (Lipinski definition) is 9. The van der Waals surface area contributed by atoms with E-state index in [1.54, 1.807) is 69.4 Å². The van der Waals surface area contributed by atoms with Crippen LogP contribution in [-0.4, -0.2) is 81.9 Å². The quantitative estimate of drug-likeness (QED) is 0.135. The van der Waals surface area contributed by atoms with Gasteiger partial charge in [0.05, 0.1) is 35.1 Å². The number of ether oxygens (including phenoxy) is 2. The van der Waals surface area contributed by atoms with E-state index in [0.717, 1.165) is 18.7 Å². The SMILES string of the molecule is COc1cc(-c2nccc(-c3cccc(Nc4nccc(CN5CC(CO)C5)c4F)c3Cl)c2Cl)ccc1CN(C[C@@H]1CCC(=O)N1)C(=O)OC(C)(C)C. The number of carbonyl (C=O) groups excluding carboxylic acids is 2. The highest BCUT2D eigenvalue weighted by atomic mass is 35.5. The molecule has 2 aliphatic heterocycles. The van der Waals surface area contributed by atoms with Crippen molar-refractivity contribution in [2.75, 3.05) is 38.7 Å². The van der Waals surface area contributed by atoms with Crippen molar-refractivity contribution >= 4 is 46.7 Å². The molecule has 0 aliphatic carbocycles. The third-order valence-electron chi connectivity index (χ3n) is 9.18. The molecule has 14 heteroatoms. The van der Waals surface area contributed by atoms with Crippen LogP contribution in [-0.2, 0) is 22.6 Å². The van der Waals surface area contributed by atoms with E-state index in [1.807, 2.05) is 24.3 Å². The van der Waals surface area contributed by atoms with Crippen molar-refractivity contribution in [2.45, 2.75) is 58.3 Å². The Morgan fingerprint density at radius 1 is 1.08 bits per heavy atom. The van der Waals surface area contributed by atoms with Crippen molar-refractivity contribution in [2.24, 2.45) is 5.92 Å². The number of pyridine rings is 2. The Labute approximate surface area is 318 Å². The molecule has 2 amide bonds. The topological polar surface area (TPSA) is 129 Å². The number of aliphatic hydroxyl groups is 1. The van der Waals surface area contributed by atoms with E-state index < -0.39 is 17.5 Å². The first-order chi connectivity index (χ1) is 25.3. The van der Waals surface area contributed by atoms with Crippen LogP contribution < -0.4 is 15.4 Å². The van der Waals surface area contributed by atoms with Crippen molar-refractivity contribution < 1.29 is 28.6 Å². The lowest BCUT2D eigenvalue weighted by Crippen LogP contribution is -2.47. The van der Waals surface area contributed by atoms with Gasteiger partial charge in [0.15, 0.2) is 11.6 Å². The molecule has 4 aromatic rings. The number of rotatable bonds is 12. The minimum absolute atomic E-state index is 0.0377. The molecule has 4 heterocycles. The normalized spacial score (nSPS) is 16.2. The van der Waals surface area contributed by atoms with Gasteiger partial charge in [-0.15, -0.1) is 0 Å². The predicted octanol–water partition coefficient (Wildman–Crippen LogP) is 7.45. The second-order valence-electron chi connectivity index (χ2n) is 14.4. The van der Waals surface area contributed by atoms with Gasteiger partial charge in [-0.05, 0) is 51.5 Å². The summed E-state index contributed by atoms with van der Waals surface area (Å²) in [6, 6.07) is 14.1. The molecule has 2 fully saturated rings. The largest absolute Gasteiger partial charge is 0.496 e. The highest BCUT2D eigenvalue weighted by Crippen LogP contribution is 2.42. The van der Waals surface area contributed by atoms with Gasteiger partial charge in [0.2, 0.25) is 5.91 Å². The molecule has 0 bridgehead atoms. The molecule has 1 atom stereocenters. The molecule has 2 saturated heterocycles. The highest BCUT2D eigenvalue weighted by Gasteiger charge is 2.30. The molecule has 2 aromatic carbocycles. The summed E-state index contributed by atoms with van der Waals surface area (Å²) in [7, 11) is 1.55. The summed E-state index contributed by atoms with van der Waals surface area (Å²) in [5.41, 5.74) is 3.34. The molecule has 2 aromatic heterocycles. The van der Waals surface area contributed by atoms with E-state index in [4.69, 9.17) is 32.7 Å². The molecular weight excluding hydrogens is 722 g/mol. The van der Waals surface area contributed by atoms with Gasteiger partial charge in [0.25, 0.3) is 0 Å². The van der Waals surface area contributed by atoms with Crippen molar-refractivity contribution in [3.8, 4) is 28.1 Å². The Bertz CT molecular complexity index is 1990. The standard InChI is InChI=1S/C39H43Cl2FN6O5/c1-39(2,3)53-38(51)48(21-27-10-11-32(50)45-27)20-25-9-8-24(16-31(25)52-4)36-34(41)29(13-15-43-36)28-6-5-7-30(33(28)40)46-37-35(42)26(12-14-44-37)19-47-17-23(18-47)22-49/h5-9,12-16,23,27,49H,10-11,17-22H2,1-4H3,(H,44,46)(H,45,50)/t27-/m0/s1. The molecule has 0 saturated carbocycles. The highest BCUT2D eigenvalue weighted by molar-refractivity contribution is 6.39. The summed E-state index contributed by atoms with van der Waals surface area (Å²) in [6.45, 7) is 7.86. The number of benzene rings is 2. The van der Waals surface area contributed by atoms with Gasteiger partial charge in [0, 0.05) is 91.4 Å². The molecule has 0 spiro atoms. The zero-order chi connectivity index (χ0) is 37.9. The van der Waals surface area contributed by atoms with Gasteiger partial charge in [-0.3, -0.25) is 14.7 Å². The summed E-state index contributed by atoms with van der Waals surface area (Å²) in [5, 5.41) is 16.0. The van der Waals surface area contributed by atoms with E-state index >= 15 is 4.39 Å². The number of hydrogen-bond donors (Lipinski definition) is 3. The van der Waals surface area contributed by atoms with E-state index in [0.29, 0.717) is 68.8 Å². The van der Waals surface area contributed by atoms with Crippen molar-refractivity contribution in [1.29, 1.82) is 0 Å². The van der Waals surface area contributed by atoms with Gasteiger partial charge in [0.1, 0.15) is 11.4 Å². The minimum Gasteiger partial charge on any atom is -0.496 e. The third kappa shape index (κ3) is 9.01. The number of anilines is 2. The summed E-state index contributed by atoms with van der Waals surface area (Å²) < 4.78 is 27.0. The number of aromatic nitrogens is 2. The smallest absolute Gasteiger partial charge is 0.410 e. The fourth-order valence-electron chi connectivity index (χ4n) is 6.51. The van der Waals surface area contributed by atoms with Crippen LogP contribution in [0.15, 0.2) is 60.9 Å². The zero-order valence-electron chi connectivity index (χ0n) is 30.1. The van der Waals surface area contributed by atoms with Gasteiger partial charge in [-0.2, -0.15) is 0 Å². The Kier molecular flexibility index (Phi) is 11.7. The van der Waals surface area contributed by atoms with Gasteiger partial charge in [-0.25, -0.2) is 14.2 Å². The van der Waals surface area contributed by atoms with Crippen molar-refractivity contribution in [3.63, 3.8) is 0 Å². The van der Waals surface area contributed by atoms with Crippen LogP contribution in [0.4, 0.5) is 20.7 Å². The molecule has 280 valence electrons. The van der Waals surface area contributed by atoms with Gasteiger partial charge in [-0.1, -0.05) is 47.5 Å². The Morgan fingerprint density at radius 2 is 1.83 bits per heavy atom. The number of carbonyl (C=O) groups is 2. The maximum absolute atomic E-state index is 15.6. The number of amides is 2. The second-order valence-corrected chi connectivity index (χ2v) is 15.1. The number of nitrogens with zero attached hydrogens (tertiary/aromatic N) is 4. The van der Waals surface area contributed by atoms with Crippen LogP contribution in [0.2, 0.25) is 10.0 Å². The van der Waals surface area contributed by atoms with Crippen LogP contribution in [0.3, 0.4) is 0 Å². The van der Waals surface area contributed by atoms with E-state index in [2.05, 4.69) is 25.5 Å². The average molecular weight is 766 g/mol. The van der Waals surface area contributed by atoms with Crippen molar-refractivity contribution in [3.05, 3.63) is 87.9 Å². The third-order valence-corrected chi connectivity index (χ3v) is 9.97. The summed E-state index contributed by atoms with van der Waals surface area (Å²) >= 11 is 14.0. The fourth-order valence-corrected chi connectivity index (χ4v) is 7.11. The Hall–Kier alpha value is -4.49. The number of halogens is 3. The maximum atomic E-state index is 15.6. The lowest BCUT2D eigenvalue weighted by Gasteiger charge is -2.38. The number of nitrogens with one attached hydrogen (secondary N) is 2. The van der Waals surface area contributed by atoms with Gasteiger partial charge >= 0.3 is 6.09 Å². The summed E-state index contributed by atoms with van der Waals surface area (Å²) in [5.74, 6) is 0.277. The number of likely N-dealkylation sites (tertiary alicyclic amines) is 1. The summed E-state index contributed by atoms with van der Waals surface area (Å²) in [4.78, 5) is 37.6. The zero-order valence-corrected chi connectivity index (χ0v) is 31.6. The van der Waals surface area contributed by atoms with Gasteiger partial charge < -0.3 is 30.1 Å². The Morgan fingerprint density at radius 3 is 2.53 bits per heavy atom. The predicted molar refractivity (Wildman–Crippen MR) is 203 cm³/mol. The molecule has 2 aliphatic rings. The van der Waals surface area contributed by atoms with Crippen LogP contribution >= 0.6 is 23.2 Å². The maximum Gasteiger partial charge on any atom is 0.410 e. The molecule has 6 rings (SSSR count). The molecule has 53 heavy (non-hydrogen) atoms. The Balaban J connectivity index is 1.24. The van der Waals surface area contributed by atoms with Crippen LogP contribution in [0, 0.1) is 11.7 Å². The minimum atomic E-state index is -0.702. The lowest BCUT2D eigenvalue weighted by atomic mass is 10.0. The van der Waals surface area contributed by atoms with Crippen molar-refractivity contribution in [1.82, 2.24) is 25.1 Å². The van der Waals surface area contributed by atoms with E-state index in [1.165, 1.54) is 0 Å². The van der Waals surface area contributed by atoms with E-state index in [-0.39, 0.29) is 43.4 Å². The monoisotopic (exact) mass is 764 g/mol. The molecule has 3 N–H and O–H groups in total. The first-order valence-corrected chi connectivity index (χ1v) is 18.2. The summed E-state index contributed by atoms with van der Waals surface area (Å²) in [6.07, 6.45) is 3.74. The van der Waals surface area contributed by atoms with E-state index in [9.17, 15) is 14.7 Å². The fraction of sp³-hybridized carbons (Fsp3) is 0.385. The average Bonchev–Trinajstić information content (AvgIpc) is 3.52. The second kappa shape index (κ2) is 16.3.